The van der Waals surface area contributed by atoms with Crippen LogP contribution in [0.5, 0.6) is 0 Å². The first-order chi connectivity index (χ1) is 9.60. The molecule has 0 unspecified atom stereocenters. The fraction of sp³-hybridized carbons (Fsp3) is 0.467. The minimum atomic E-state index is -0.218. The fourth-order valence-electron chi connectivity index (χ4n) is 2.53. The Morgan fingerprint density at radius 1 is 1.25 bits per heavy atom. The van der Waals surface area contributed by atoms with Crippen molar-refractivity contribution in [3.8, 4) is 0 Å². The van der Waals surface area contributed by atoms with E-state index in [4.69, 9.17) is 0 Å². The van der Waals surface area contributed by atoms with Crippen molar-refractivity contribution in [2.45, 2.75) is 25.2 Å². The van der Waals surface area contributed by atoms with E-state index in [0.29, 0.717) is 5.92 Å². The zero-order valence-electron chi connectivity index (χ0n) is 11.6. The molecule has 0 spiro atoms. The minimum absolute atomic E-state index is 0.0422. The maximum atomic E-state index is 11.9. The fourth-order valence-corrected chi connectivity index (χ4v) is 2.80. The number of piperidine rings is 1. The number of nitrogens with one attached hydrogen (secondary N) is 1. The summed E-state index contributed by atoms with van der Waals surface area (Å²) in [5.41, 5.74) is 1.33. The van der Waals surface area contributed by atoms with Gasteiger partial charge in [-0.2, -0.15) is 0 Å². The van der Waals surface area contributed by atoms with Gasteiger partial charge in [0.25, 0.3) is 0 Å². The molecule has 1 fully saturated rings. The minimum Gasteiger partial charge on any atom is -0.359 e. The van der Waals surface area contributed by atoms with Gasteiger partial charge in [0.05, 0.1) is 0 Å². The van der Waals surface area contributed by atoms with Gasteiger partial charge in [0, 0.05) is 24.6 Å². The zero-order valence-corrected chi connectivity index (χ0v) is 13.1. The summed E-state index contributed by atoms with van der Waals surface area (Å²) in [4.78, 5) is 24.9. The first kappa shape index (κ1) is 15.0. The van der Waals surface area contributed by atoms with Crippen molar-refractivity contribution in [1.82, 2.24) is 10.2 Å². The van der Waals surface area contributed by atoms with Gasteiger partial charge in [-0.25, -0.2) is 0 Å². The van der Waals surface area contributed by atoms with Crippen LogP contribution < -0.4 is 5.32 Å². The number of benzene rings is 1. The van der Waals surface area contributed by atoms with Crippen molar-refractivity contribution in [1.29, 1.82) is 0 Å². The number of nitrogens with zero attached hydrogens (tertiary/aromatic N) is 1. The Bertz CT molecular complexity index is 479. The predicted octanol–water partition coefficient (Wildman–Crippen LogP) is 2.29. The normalized spacial score (nSPS) is 16.0. The molecule has 0 aromatic heterocycles. The smallest absolute Gasteiger partial charge is 0.232 e. The van der Waals surface area contributed by atoms with Gasteiger partial charge in [-0.15, -0.1) is 0 Å². The van der Waals surface area contributed by atoms with E-state index in [2.05, 4.69) is 45.5 Å². The third-order valence-electron chi connectivity index (χ3n) is 3.78. The molecular formula is C15H19BrN2O2. The molecule has 0 radical (unpaired) electrons. The monoisotopic (exact) mass is 338 g/mol. The van der Waals surface area contributed by atoms with Gasteiger partial charge in [0.2, 0.25) is 11.8 Å². The van der Waals surface area contributed by atoms with E-state index in [0.717, 1.165) is 30.4 Å². The van der Waals surface area contributed by atoms with E-state index >= 15 is 0 Å². The molecule has 1 aliphatic rings. The lowest BCUT2D eigenvalue weighted by molar-refractivity contribution is -0.136. The highest BCUT2D eigenvalue weighted by Crippen LogP contribution is 2.29. The molecule has 20 heavy (non-hydrogen) atoms. The molecule has 1 saturated heterocycles. The molecule has 1 aliphatic heterocycles. The Morgan fingerprint density at radius 2 is 1.85 bits per heavy atom. The maximum absolute atomic E-state index is 11.9. The summed E-state index contributed by atoms with van der Waals surface area (Å²) in [5, 5.41) is 2.48. The van der Waals surface area contributed by atoms with Crippen LogP contribution in [-0.4, -0.2) is 36.9 Å². The van der Waals surface area contributed by atoms with Crippen LogP contribution in [0.2, 0.25) is 0 Å². The average Bonchev–Trinajstić information content (AvgIpc) is 2.48. The molecule has 2 amide bonds. The number of carbonyl (C=O) groups excluding carboxylic acids is 2. The molecule has 1 aromatic carbocycles. The van der Waals surface area contributed by atoms with Gasteiger partial charge in [-0.05, 0) is 36.5 Å². The van der Waals surface area contributed by atoms with Gasteiger partial charge >= 0.3 is 0 Å². The van der Waals surface area contributed by atoms with Crippen LogP contribution in [0.4, 0.5) is 0 Å². The Kier molecular flexibility index (Phi) is 5.17. The lowest BCUT2D eigenvalue weighted by Gasteiger charge is -2.32. The molecular weight excluding hydrogens is 320 g/mol. The van der Waals surface area contributed by atoms with Crippen molar-refractivity contribution in [2.24, 2.45) is 0 Å². The van der Waals surface area contributed by atoms with E-state index in [1.54, 1.807) is 11.9 Å². The number of halogens is 1. The van der Waals surface area contributed by atoms with Gasteiger partial charge in [-0.1, -0.05) is 28.1 Å². The number of hydrogen-bond acceptors (Lipinski definition) is 2. The summed E-state index contributed by atoms with van der Waals surface area (Å²) >= 11 is 3.44. The number of rotatable bonds is 3. The summed E-state index contributed by atoms with van der Waals surface area (Å²) in [5.74, 6) is 0.218. The summed E-state index contributed by atoms with van der Waals surface area (Å²) in [7, 11) is 1.55. The summed E-state index contributed by atoms with van der Waals surface area (Å²) in [6, 6.07) is 8.38. The first-order valence-corrected chi connectivity index (χ1v) is 7.63. The van der Waals surface area contributed by atoms with Crippen molar-refractivity contribution >= 4 is 27.7 Å². The highest BCUT2D eigenvalue weighted by molar-refractivity contribution is 9.10. The van der Waals surface area contributed by atoms with E-state index in [1.807, 2.05) is 0 Å². The molecule has 2 rings (SSSR count). The van der Waals surface area contributed by atoms with Crippen LogP contribution in [0.25, 0.3) is 0 Å². The molecule has 5 heteroatoms. The number of amides is 2. The van der Waals surface area contributed by atoms with Crippen LogP contribution in [0.15, 0.2) is 28.7 Å². The lowest BCUT2D eigenvalue weighted by Crippen LogP contribution is -2.40. The predicted molar refractivity (Wildman–Crippen MR) is 81.4 cm³/mol. The Balaban J connectivity index is 1.87. The largest absolute Gasteiger partial charge is 0.359 e. The van der Waals surface area contributed by atoms with Gasteiger partial charge < -0.3 is 10.2 Å². The average molecular weight is 339 g/mol. The van der Waals surface area contributed by atoms with Crippen LogP contribution >= 0.6 is 15.9 Å². The molecule has 108 valence electrons. The third-order valence-corrected chi connectivity index (χ3v) is 4.31. The molecule has 0 aliphatic carbocycles. The Morgan fingerprint density at radius 3 is 2.40 bits per heavy atom. The van der Waals surface area contributed by atoms with E-state index in [9.17, 15) is 9.59 Å². The molecule has 4 nitrogen and oxygen atoms in total. The van der Waals surface area contributed by atoms with Gasteiger partial charge in [-0.3, -0.25) is 9.59 Å². The number of likely N-dealkylation sites (tertiary alicyclic amines) is 1. The first-order valence-electron chi connectivity index (χ1n) is 6.84. The highest BCUT2D eigenvalue weighted by atomic mass is 79.9. The van der Waals surface area contributed by atoms with Crippen molar-refractivity contribution in [3.63, 3.8) is 0 Å². The van der Waals surface area contributed by atoms with Crippen molar-refractivity contribution in [2.75, 3.05) is 20.1 Å². The van der Waals surface area contributed by atoms with E-state index in [-0.39, 0.29) is 18.2 Å². The van der Waals surface area contributed by atoms with Crippen LogP contribution in [0.3, 0.4) is 0 Å². The lowest BCUT2D eigenvalue weighted by atomic mass is 9.89. The number of hydrogen-bond donors (Lipinski definition) is 1. The van der Waals surface area contributed by atoms with Crippen molar-refractivity contribution < 1.29 is 9.59 Å². The summed E-state index contributed by atoms with van der Waals surface area (Å²) < 4.78 is 1.08. The Labute approximate surface area is 127 Å². The molecule has 1 N–H and O–H groups in total. The standard InChI is InChI=1S/C15H19BrN2O2/c1-17-14(19)10-15(20)18-8-6-12(7-9-18)11-2-4-13(16)5-3-11/h2-5,12H,6-10H2,1H3,(H,17,19). The van der Waals surface area contributed by atoms with Crippen LogP contribution in [0, 0.1) is 0 Å². The van der Waals surface area contributed by atoms with Crippen LogP contribution in [-0.2, 0) is 9.59 Å². The van der Waals surface area contributed by atoms with E-state index in [1.165, 1.54) is 5.56 Å². The topological polar surface area (TPSA) is 49.4 Å². The molecule has 0 saturated carbocycles. The third kappa shape index (κ3) is 3.82. The quantitative estimate of drug-likeness (QED) is 0.859. The van der Waals surface area contributed by atoms with Gasteiger partial charge in [0.1, 0.15) is 6.42 Å². The SMILES string of the molecule is CNC(=O)CC(=O)N1CCC(c2ccc(Br)cc2)CC1. The zero-order chi connectivity index (χ0) is 14.5. The highest BCUT2D eigenvalue weighted by Gasteiger charge is 2.24. The summed E-state index contributed by atoms with van der Waals surface area (Å²) in [6.07, 6.45) is 1.88. The Hall–Kier alpha value is -1.36. The molecule has 1 aromatic rings. The second-order valence-electron chi connectivity index (χ2n) is 5.06. The molecule has 1 heterocycles. The second-order valence-corrected chi connectivity index (χ2v) is 5.97. The summed E-state index contributed by atoms with van der Waals surface area (Å²) in [6.45, 7) is 1.47. The number of carbonyl (C=O) groups is 2. The molecule has 0 atom stereocenters. The second kappa shape index (κ2) is 6.88. The van der Waals surface area contributed by atoms with E-state index < -0.39 is 0 Å². The van der Waals surface area contributed by atoms with Crippen molar-refractivity contribution in [3.05, 3.63) is 34.3 Å². The van der Waals surface area contributed by atoms with Gasteiger partial charge in [0.15, 0.2) is 0 Å². The maximum Gasteiger partial charge on any atom is 0.232 e. The van der Waals surface area contributed by atoms with Crippen LogP contribution in [0.1, 0.15) is 30.7 Å². The molecule has 0 bridgehead atoms.